The molecular weight excluding hydrogens is 238 g/mol. The van der Waals surface area contributed by atoms with E-state index in [9.17, 15) is 4.79 Å². The molecule has 0 aromatic heterocycles. The number of ether oxygens (including phenoxy) is 1. The molecule has 1 fully saturated rings. The van der Waals surface area contributed by atoms with Crippen LogP contribution < -0.4 is 5.32 Å². The second-order valence-corrected chi connectivity index (χ2v) is 5.16. The number of hydrogen-bond donors (Lipinski definition) is 1. The number of carbonyl (C=O) groups is 1. The maximum absolute atomic E-state index is 11.5. The topological polar surface area (TPSA) is 38.3 Å². The lowest BCUT2D eigenvalue weighted by Gasteiger charge is -2.11. The van der Waals surface area contributed by atoms with Crippen LogP contribution in [0.2, 0.25) is 0 Å². The van der Waals surface area contributed by atoms with Crippen LogP contribution in [0.3, 0.4) is 0 Å². The number of nitrogens with one attached hydrogen (secondary N) is 1. The van der Waals surface area contributed by atoms with Crippen molar-refractivity contribution in [3.63, 3.8) is 0 Å². The molecule has 0 spiro atoms. The van der Waals surface area contributed by atoms with Crippen LogP contribution in [-0.2, 0) is 4.74 Å². The van der Waals surface area contributed by atoms with Crippen molar-refractivity contribution >= 4 is 11.7 Å². The van der Waals surface area contributed by atoms with E-state index < -0.39 is 0 Å². The van der Waals surface area contributed by atoms with E-state index in [4.69, 9.17) is 4.74 Å². The maximum Gasteiger partial charge on any atom is 0.338 e. The first-order valence-corrected chi connectivity index (χ1v) is 7.30. The fraction of sp³-hybridized carbons (Fsp3) is 0.562. The van der Waals surface area contributed by atoms with E-state index in [0.717, 1.165) is 18.2 Å². The molecule has 0 aliphatic heterocycles. The van der Waals surface area contributed by atoms with Gasteiger partial charge in [0.1, 0.15) is 0 Å². The van der Waals surface area contributed by atoms with Gasteiger partial charge in [-0.1, -0.05) is 25.7 Å². The molecule has 104 valence electrons. The summed E-state index contributed by atoms with van der Waals surface area (Å²) < 4.78 is 4.96. The molecule has 0 unspecified atom stereocenters. The molecule has 1 aromatic rings. The van der Waals surface area contributed by atoms with Gasteiger partial charge in [-0.05, 0) is 43.5 Å². The first kappa shape index (κ1) is 13.9. The van der Waals surface area contributed by atoms with Crippen LogP contribution in [0, 0.1) is 5.92 Å². The molecule has 0 atom stereocenters. The van der Waals surface area contributed by atoms with Gasteiger partial charge in [-0.3, -0.25) is 0 Å². The molecule has 0 saturated heterocycles. The molecular formula is C16H23NO2. The lowest BCUT2D eigenvalue weighted by atomic mass is 10.0. The second-order valence-electron chi connectivity index (χ2n) is 5.16. The van der Waals surface area contributed by atoms with Crippen molar-refractivity contribution in [1.82, 2.24) is 0 Å². The van der Waals surface area contributed by atoms with E-state index in [-0.39, 0.29) is 5.97 Å². The largest absolute Gasteiger partial charge is 0.462 e. The first-order chi connectivity index (χ1) is 9.29. The minimum atomic E-state index is -0.250. The Kier molecular flexibility index (Phi) is 5.25. The summed E-state index contributed by atoms with van der Waals surface area (Å²) in [5.74, 6) is 0.659. The summed E-state index contributed by atoms with van der Waals surface area (Å²) in [6, 6.07) is 7.52. The summed E-state index contributed by atoms with van der Waals surface area (Å²) >= 11 is 0. The highest BCUT2D eigenvalue weighted by Crippen LogP contribution is 2.27. The predicted octanol–water partition coefficient (Wildman–Crippen LogP) is 3.86. The van der Waals surface area contributed by atoms with Crippen molar-refractivity contribution < 1.29 is 9.53 Å². The second kappa shape index (κ2) is 7.17. The van der Waals surface area contributed by atoms with E-state index in [1.807, 2.05) is 31.2 Å². The summed E-state index contributed by atoms with van der Waals surface area (Å²) in [5, 5.41) is 3.42. The first-order valence-electron chi connectivity index (χ1n) is 7.30. The van der Waals surface area contributed by atoms with Gasteiger partial charge in [0, 0.05) is 12.2 Å². The summed E-state index contributed by atoms with van der Waals surface area (Å²) in [4.78, 5) is 11.5. The molecule has 0 bridgehead atoms. The Bertz CT molecular complexity index is 394. The fourth-order valence-corrected chi connectivity index (χ4v) is 2.66. The lowest BCUT2D eigenvalue weighted by Crippen LogP contribution is -2.07. The molecule has 3 heteroatoms. The Morgan fingerprint density at radius 2 is 1.95 bits per heavy atom. The summed E-state index contributed by atoms with van der Waals surface area (Å²) in [7, 11) is 0. The van der Waals surface area contributed by atoms with E-state index in [0.29, 0.717) is 12.2 Å². The van der Waals surface area contributed by atoms with Crippen LogP contribution in [0.15, 0.2) is 24.3 Å². The van der Waals surface area contributed by atoms with E-state index >= 15 is 0 Å². The zero-order chi connectivity index (χ0) is 13.5. The number of hydrogen-bond acceptors (Lipinski definition) is 3. The SMILES string of the molecule is CCOC(=O)c1ccc(NCCC2CCCC2)cc1. The van der Waals surface area contributed by atoms with Gasteiger partial charge in [0.2, 0.25) is 0 Å². The summed E-state index contributed by atoms with van der Waals surface area (Å²) in [5.41, 5.74) is 1.69. The van der Waals surface area contributed by atoms with Crippen molar-refractivity contribution in [3.05, 3.63) is 29.8 Å². The highest BCUT2D eigenvalue weighted by Gasteiger charge is 2.14. The Hall–Kier alpha value is -1.51. The van der Waals surface area contributed by atoms with E-state index in [1.165, 1.54) is 32.1 Å². The van der Waals surface area contributed by atoms with Crippen molar-refractivity contribution in [2.45, 2.75) is 39.0 Å². The van der Waals surface area contributed by atoms with Crippen LogP contribution in [0.1, 0.15) is 49.4 Å². The predicted molar refractivity (Wildman–Crippen MR) is 77.5 cm³/mol. The van der Waals surface area contributed by atoms with Gasteiger partial charge in [0.25, 0.3) is 0 Å². The molecule has 1 N–H and O–H groups in total. The normalized spacial score (nSPS) is 15.4. The van der Waals surface area contributed by atoms with Crippen LogP contribution in [-0.4, -0.2) is 19.1 Å². The smallest absolute Gasteiger partial charge is 0.338 e. The highest BCUT2D eigenvalue weighted by molar-refractivity contribution is 5.89. The molecule has 0 amide bonds. The Morgan fingerprint density at radius 3 is 2.58 bits per heavy atom. The van der Waals surface area contributed by atoms with Gasteiger partial charge in [0.05, 0.1) is 12.2 Å². The van der Waals surface area contributed by atoms with Crippen LogP contribution in [0.5, 0.6) is 0 Å². The molecule has 1 aromatic carbocycles. The van der Waals surface area contributed by atoms with Crippen molar-refractivity contribution in [3.8, 4) is 0 Å². The molecule has 19 heavy (non-hydrogen) atoms. The van der Waals surface area contributed by atoms with Crippen LogP contribution in [0.25, 0.3) is 0 Å². The van der Waals surface area contributed by atoms with Crippen LogP contribution >= 0.6 is 0 Å². The molecule has 0 heterocycles. The molecule has 3 nitrogen and oxygen atoms in total. The molecule has 1 aliphatic carbocycles. The Morgan fingerprint density at radius 1 is 1.26 bits per heavy atom. The van der Waals surface area contributed by atoms with Gasteiger partial charge in [0.15, 0.2) is 0 Å². The average Bonchev–Trinajstić information content (AvgIpc) is 2.93. The van der Waals surface area contributed by atoms with Gasteiger partial charge in [-0.25, -0.2) is 4.79 Å². The van der Waals surface area contributed by atoms with E-state index in [1.54, 1.807) is 0 Å². The van der Waals surface area contributed by atoms with Crippen molar-refractivity contribution in [2.24, 2.45) is 5.92 Å². The number of anilines is 1. The average molecular weight is 261 g/mol. The summed E-state index contributed by atoms with van der Waals surface area (Å²) in [6.45, 7) is 3.25. The standard InChI is InChI=1S/C16H23NO2/c1-2-19-16(18)14-7-9-15(10-8-14)17-12-11-13-5-3-4-6-13/h7-10,13,17H,2-6,11-12H2,1H3. The third kappa shape index (κ3) is 4.27. The summed E-state index contributed by atoms with van der Waals surface area (Å²) in [6.07, 6.45) is 6.84. The quantitative estimate of drug-likeness (QED) is 0.790. The zero-order valence-electron chi connectivity index (χ0n) is 11.7. The van der Waals surface area contributed by atoms with E-state index in [2.05, 4.69) is 5.32 Å². The maximum atomic E-state index is 11.5. The molecule has 2 rings (SSSR count). The van der Waals surface area contributed by atoms with Crippen molar-refractivity contribution in [1.29, 1.82) is 0 Å². The lowest BCUT2D eigenvalue weighted by molar-refractivity contribution is 0.0526. The van der Waals surface area contributed by atoms with Gasteiger partial charge >= 0.3 is 5.97 Å². The Balaban J connectivity index is 1.76. The zero-order valence-corrected chi connectivity index (χ0v) is 11.7. The minimum absolute atomic E-state index is 0.250. The highest BCUT2D eigenvalue weighted by atomic mass is 16.5. The minimum Gasteiger partial charge on any atom is -0.462 e. The number of rotatable bonds is 6. The number of benzene rings is 1. The third-order valence-electron chi connectivity index (χ3n) is 3.75. The third-order valence-corrected chi connectivity index (χ3v) is 3.75. The van der Waals surface area contributed by atoms with Crippen molar-refractivity contribution in [2.75, 3.05) is 18.5 Å². The number of carbonyl (C=O) groups excluding carboxylic acids is 1. The Labute approximate surface area is 115 Å². The fourth-order valence-electron chi connectivity index (χ4n) is 2.66. The molecule has 0 radical (unpaired) electrons. The monoisotopic (exact) mass is 261 g/mol. The number of esters is 1. The molecule has 1 saturated carbocycles. The van der Waals surface area contributed by atoms with Crippen LogP contribution in [0.4, 0.5) is 5.69 Å². The van der Waals surface area contributed by atoms with Gasteiger partial charge in [-0.2, -0.15) is 0 Å². The van der Waals surface area contributed by atoms with Gasteiger partial charge in [-0.15, -0.1) is 0 Å². The van der Waals surface area contributed by atoms with Gasteiger partial charge < -0.3 is 10.1 Å². The molecule has 1 aliphatic rings.